The van der Waals surface area contributed by atoms with Crippen LogP contribution in [0.1, 0.15) is 69.2 Å². The van der Waals surface area contributed by atoms with Gasteiger partial charge in [-0.15, -0.1) is 0 Å². The van der Waals surface area contributed by atoms with Gasteiger partial charge < -0.3 is 30.3 Å². The minimum Gasteiger partial charge on any atom is -0.508 e. The molecule has 0 heterocycles. The third-order valence-electron chi connectivity index (χ3n) is 6.14. The molecule has 0 saturated heterocycles. The van der Waals surface area contributed by atoms with E-state index < -0.39 is 17.0 Å². The average Bonchev–Trinajstić information content (AvgIpc) is 2.79. The lowest BCUT2D eigenvalue weighted by molar-refractivity contribution is -0.146. The molecule has 2 aromatic carbocycles. The maximum atomic E-state index is 11.3. The first-order valence-electron chi connectivity index (χ1n) is 12.0. The Morgan fingerprint density at radius 2 is 1.41 bits per heavy atom. The van der Waals surface area contributed by atoms with Crippen molar-refractivity contribution in [1.29, 1.82) is 0 Å². The lowest BCUT2D eigenvalue weighted by Gasteiger charge is -2.22. The number of hydrogen-bond acceptors (Lipinski definition) is 7. The van der Waals surface area contributed by atoms with E-state index in [2.05, 4.69) is 0 Å². The number of ether oxygens (including phenoxy) is 1. The molecule has 0 fully saturated rings. The van der Waals surface area contributed by atoms with Gasteiger partial charge in [0.05, 0.1) is 5.41 Å². The summed E-state index contributed by atoms with van der Waals surface area (Å²) in [7, 11) is 0. The zero-order valence-electron chi connectivity index (χ0n) is 21.7. The highest BCUT2D eigenvalue weighted by molar-refractivity contribution is 5.74. The molecule has 0 amide bonds. The lowest BCUT2D eigenvalue weighted by Crippen LogP contribution is -2.23. The Morgan fingerprint density at radius 1 is 0.865 bits per heavy atom. The number of aryl methyl sites for hydroxylation is 1. The predicted octanol–water partition coefficient (Wildman–Crippen LogP) is 5.55. The molecule has 0 aliphatic rings. The molecule has 2 rings (SSSR count). The maximum absolute atomic E-state index is 11.3. The number of phenols is 4. The first-order chi connectivity index (χ1) is 17.3. The molecule has 0 aromatic heterocycles. The second kappa shape index (κ2) is 12.3. The molecular weight excluding hydrogens is 476 g/mol. The molecule has 0 bridgehead atoms. The number of carbonyl (C=O) groups excluding carboxylic acids is 1. The molecule has 2 aromatic rings. The SMILES string of the molecule is CC(C)(CCCc1cc(O)cc(/C=C/Cc2cc(O)cc(/C=C/CC(C)(C)C(=O)O)c2O)c1O)OC=O. The molecule has 0 atom stereocenters. The number of benzene rings is 2. The molecule has 5 N–H and O–H groups in total. The van der Waals surface area contributed by atoms with E-state index in [0.717, 1.165) is 0 Å². The number of aromatic hydroxyl groups is 4. The monoisotopic (exact) mass is 512 g/mol. The van der Waals surface area contributed by atoms with Crippen molar-refractivity contribution in [2.75, 3.05) is 0 Å². The molecule has 200 valence electrons. The minimum atomic E-state index is -0.962. The fourth-order valence-electron chi connectivity index (χ4n) is 3.78. The van der Waals surface area contributed by atoms with Crippen LogP contribution in [0.15, 0.2) is 36.4 Å². The van der Waals surface area contributed by atoms with Gasteiger partial charge in [-0.25, -0.2) is 0 Å². The van der Waals surface area contributed by atoms with Crippen LogP contribution in [0.3, 0.4) is 0 Å². The van der Waals surface area contributed by atoms with E-state index in [0.29, 0.717) is 48.0 Å². The average molecular weight is 513 g/mol. The highest BCUT2D eigenvalue weighted by Crippen LogP contribution is 2.33. The molecule has 0 aliphatic heterocycles. The largest absolute Gasteiger partial charge is 0.508 e. The number of hydrogen-bond donors (Lipinski definition) is 5. The van der Waals surface area contributed by atoms with Crippen LogP contribution in [-0.2, 0) is 27.2 Å². The van der Waals surface area contributed by atoms with Gasteiger partial charge in [0.25, 0.3) is 6.47 Å². The van der Waals surface area contributed by atoms with Crippen molar-refractivity contribution < 1.29 is 39.9 Å². The Hall–Kier alpha value is -3.94. The molecule has 37 heavy (non-hydrogen) atoms. The Morgan fingerprint density at radius 3 is 1.97 bits per heavy atom. The van der Waals surface area contributed by atoms with Gasteiger partial charge in [0, 0.05) is 16.7 Å². The summed E-state index contributed by atoms with van der Waals surface area (Å²) in [5.41, 5.74) is 0.156. The Labute approximate surface area is 217 Å². The second-order valence-corrected chi connectivity index (χ2v) is 10.3. The fraction of sp³-hybridized carbons (Fsp3) is 0.379. The van der Waals surface area contributed by atoms with Crippen LogP contribution in [0, 0.1) is 5.41 Å². The second-order valence-electron chi connectivity index (χ2n) is 10.3. The van der Waals surface area contributed by atoms with Gasteiger partial charge in [0.15, 0.2) is 0 Å². The van der Waals surface area contributed by atoms with Crippen LogP contribution >= 0.6 is 0 Å². The summed E-state index contributed by atoms with van der Waals surface area (Å²) < 4.78 is 5.04. The molecule has 0 radical (unpaired) electrons. The van der Waals surface area contributed by atoms with Gasteiger partial charge in [-0.2, -0.15) is 0 Å². The molecule has 0 spiro atoms. The van der Waals surface area contributed by atoms with Crippen LogP contribution in [0.5, 0.6) is 23.0 Å². The third-order valence-corrected chi connectivity index (χ3v) is 6.14. The molecule has 8 heteroatoms. The Kier molecular flexibility index (Phi) is 9.77. The van der Waals surface area contributed by atoms with E-state index in [9.17, 15) is 35.1 Å². The summed E-state index contributed by atoms with van der Waals surface area (Å²) in [5.74, 6) is -1.02. The first kappa shape index (κ1) is 29.3. The summed E-state index contributed by atoms with van der Waals surface area (Å²) in [5, 5.41) is 50.8. The number of carboxylic acids is 1. The normalized spacial score (nSPS) is 12.3. The van der Waals surface area contributed by atoms with Crippen LogP contribution < -0.4 is 0 Å². The van der Waals surface area contributed by atoms with E-state index in [1.165, 1.54) is 24.3 Å². The summed E-state index contributed by atoms with van der Waals surface area (Å²) in [6.07, 6.45) is 8.65. The Bertz CT molecular complexity index is 1170. The van der Waals surface area contributed by atoms with Gasteiger partial charge in [-0.05, 0) is 89.6 Å². The zero-order valence-corrected chi connectivity index (χ0v) is 21.7. The van der Waals surface area contributed by atoms with E-state index in [4.69, 9.17) is 4.74 Å². The first-order valence-corrected chi connectivity index (χ1v) is 12.0. The van der Waals surface area contributed by atoms with Crippen LogP contribution in [-0.4, -0.2) is 43.6 Å². The van der Waals surface area contributed by atoms with E-state index in [1.54, 1.807) is 52.0 Å². The molecule has 8 nitrogen and oxygen atoms in total. The predicted molar refractivity (Wildman–Crippen MR) is 142 cm³/mol. The minimum absolute atomic E-state index is 0.00670. The van der Waals surface area contributed by atoms with Gasteiger partial charge in [0.1, 0.15) is 28.6 Å². The Balaban J connectivity index is 2.16. The number of phenolic OH excluding ortho intramolecular Hbond substituents is 4. The lowest BCUT2D eigenvalue weighted by atomic mass is 9.89. The summed E-state index contributed by atoms with van der Waals surface area (Å²) in [6.45, 7) is 7.21. The van der Waals surface area contributed by atoms with Gasteiger partial charge in [-0.1, -0.05) is 24.3 Å². The van der Waals surface area contributed by atoms with Crippen molar-refractivity contribution >= 4 is 24.6 Å². The molecule has 0 aliphatic carbocycles. The highest BCUT2D eigenvalue weighted by atomic mass is 16.5. The standard InChI is InChI=1S/C29H36O8/c1-28(2,27(35)36)12-6-10-21-16-23(31)14-19(25(21)33)8-5-9-20-15-24(32)17-22(26(20)34)11-7-13-29(3,4)37-18-30/h5-6,9-10,14-18,31-34H,7-8,11-13H2,1-4H3,(H,35,36)/b9-5+,10-6+. The van der Waals surface area contributed by atoms with Crippen molar-refractivity contribution in [1.82, 2.24) is 0 Å². The van der Waals surface area contributed by atoms with Crippen molar-refractivity contribution in [3.8, 4) is 23.0 Å². The third kappa shape index (κ3) is 8.59. The van der Waals surface area contributed by atoms with E-state index in [1.807, 2.05) is 0 Å². The molecule has 0 unspecified atom stereocenters. The van der Waals surface area contributed by atoms with Crippen molar-refractivity contribution in [2.45, 2.75) is 65.4 Å². The van der Waals surface area contributed by atoms with Crippen molar-refractivity contribution in [3.05, 3.63) is 58.7 Å². The molecular formula is C29H36O8. The fourth-order valence-corrected chi connectivity index (χ4v) is 3.78. The van der Waals surface area contributed by atoms with Crippen LogP contribution in [0.2, 0.25) is 0 Å². The maximum Gasteiger partial charge on any atom is 0.309 e. The molecule has 0 saturated carbocycles. The topological polar surface area (TPSA) is 145 Å². The highest BCUT2D eigenvalue weighted by Gasteiger charge is 2.25. The van der Waals surface area contributed by atoms with Crippen LogP contribution in [0.4, 0.5) is 0 Å². The van der Waals surface area contributed by atoms with Crippen LogP contribution in [0.25, 0.3) is 12.2 Å². The van der Waals surface area contributed by atoms with E-state index in [-0.39, 0.29) is 35.8 Å². The number of rotatable bonds is 13. The zero-order chi connectivity index (χ0) is 27.8. The number of aliphatic carboxylic acids is 1. The summed E-state index contributed by atoms with van der Waals surface area (Å²) in [6, 6.07) is 5.73. The van der Waals surface area contributed by atoms with E-state index >= 15 is 0 Å². The van der Waals surface area contributed by atoms with Gasteiger partial charge in [0.2, 0.25) is 0 Å². The summed E-state index contributed by atoms with van der Waals surface area (Å²) >= 11 is 0. The summed E-state index contributed by atoms with van der Waals surface area (Å²) in [4.78, 5) is 21.9. The quantitative estimate of drug-likeness (QED) is 0.173. The van der Waals surface area contributed by atoms with Gasteiger partial charge in [-0.3, -0.25) is 9.59 Å². The van der Waals surface area contributed by atoms with Crippen molar-refractivity contribution in [3.63, 3.8) is 0 Å². The number of carboxylic acid groups (broad SMARTS) is 1. The van der Waals surface area contributed by atoms with Gasteiger partial charge >= 0.3 is 5.97 Å². The number of allylic oxidation sites excluding steroid dienone is 2. The van der Waals surface area contributed by atoms with Crippen molar-refractivity contribution in [2.24, 2.45) is 5.41 Å². The number of carbonyl (C=O) groups is 2. The smallest absolute Gasteiger partial charge is 0.309 e.